The third kappa shape index (κ3) is 1.41. The third-order valence-electron chi connectivity index (χ3n) is 2.19. The fourth-order valence-electron chi connectivity index (χ4n) is 1.54. The molecule has 1 aliphatic heterocycles. The smallest absolute Gasteiger partial charge is 0.133 e. The molecule has 0 spiro atoms. The first-order valence-electron chi connectivity index (χ1n) is 4.24. The summed E-state index contributed by atoms with van der Waals surface area (Å²) in [6.45, 7) is 1.08. The number of aromatic nitrogens is 1. The maximum Gasteiger partial charge on any atom is 0.133 e. The number of hydrogen-bond acceptors (Lipinski definition) is 3. The molecule has 0 amide bonds. The van der Waals surface area contributed by atoms with Crippen molar-refractivity contribution in [2.24, 2.45) is 0 Å². The maximum absolute atomic E-state index is 9.02. The summed E-state index contributed by atoms with van der Waals surface area (Å²) in [5.41, 5.74) is 1.03. The van der Waals surface area contributed by atoms with Gasteiger partial charge in [0.15, 0.2) is 0 Å². The predicted octanol–water partition coefficient (Wildman–Crippen LogP) is 1.21. The van der Waals surface area contributed by atoms with Gasteiger partial charge in [0.1, 0.15) is 5.75 Å². The first-order valence-corrected chi connectivity index (χ1v) is 4.24. The molecular weight excluding hydrogens is 152 g/mol. The third-order valence-corrected chi connectivity index (χ3v) is 2.19. The van der Waals surface area contributed by atoms with Crippen LogP contribution in [0.5, 0.6) is 5.75 Å². The van der Waals surface area contributed by atoms with E-state index in [1.807, 2.05) is 6.07 Å². The summed E-state index contributed by atoms with van der Waals surface area (Å²) < 4.78 is 0. The lowest BCUT2D eigenvalue weighted by Gasteiger charge is -2.08. The van der Waals surface area contributed by atoms with Crippen LogP contribution in [0.2, 0.25) is 0 Å². The molecule has 12 heavy (non-hydrogen) atoms. The van der Waals surface area contributed by atoms with Crippen molar-refractivity contribution in [1.29, 1.82) is 0 Å². The average molecular weight is 164 g/mol. The molecule has 0 aromatic carbocycles. The Morgan fingerprint density at radius 3 is 3.00 bits per heavy atom. The zero-order valence-electron chi connectivity index (χ0n) is 6.83. The van der Waals surface area contributed by atoms with Crippen LogP contribution in [0, 0.1) is 0 Å². The second kappa shape index (κ2) is 3.11. The molecule has 0 aliphatic carbocycles. The Morgan fingerprint density at radius 2 is 2.42 bits per heavy atom. The van der Waals surface area contributed by atoms with E-state index in [0.717, 1.165) is 18.7 Å². The van der Waals surface area contributed by atoms with E-state index < -0.39 is 0 Å². The van der Waals surface area contributed by atoms with Crippen molar-refractivity contribution >= 4 is 0 Å². The van der Waals surface area contributed by atoms with E-state index in [1.54, 1.807) is 6.07 Å². The van der Waals surface area contributed by atoms with Gasteiger partial charge in [-0.25, -0.2) is 0 Å². The first kappa shape index (κ1) is 7.55. The van der Waals surface area contributed by atoms with E-state index in [9.17, 15) is 0 Å². The van der Waals surface area contributed by atoms with Crippen molar-refractivity contribution in [3.8, 4) is 5.75 Å². The monoisotopic (exact) mass is 164 g/mol. The van der Waals surface area contributed by atoms with Crippen molar-refractivity contribution < 1.29 is 5.11 Å². The highest BCUT2D eigenvalue weighted by Crippen LogP contribution is 2.21. The molecule has 1 atom stereocenters. The number of aromatic hydroxyl groups is 1. The summed E-state index contributed by atoms with van der Waals surface area (Å²) in [4.78, 5) is 4.15. The van der Waals surface area contributed by atoms with Crippen LogP contribution in [0.15, 0.2) is 18.3 Å². The molecule has 64 valence electrons. The number of rotatable bonds is 1. The lowest BCUT2D eigenvalue weighted by atomic mass is 10.1. The fraction of sp³-hybridized carbons (Fsp3) is 0.444. The van der Waals surface area contributed by atoms with E-state index in [1.165, 1.54) is 12.6 Å². The van der Waals surface area contributed by atoms with Gasteiger partial charge in [-0.1, -0.05) is 0 Å². The summed E-state index contributed by atoms with van der Waals surface area (Å²) in [5, 5.41) is 12.4. The van der Waals surface area contributed by atoms with E-state index in [-0.39, 0.29) is 5.75 Å². The lowest BCUT2D eigenvalue weighted by Crippen LogP contribution is -2.13. The van der Waals surface area contributed by atoms with Gasteiger partial charge in [0, 0.05) is 6.04 Å². The van der Waals surface area contributed by atoms with Crippen LogP contribution < -0.4 is 5.32 Å². The van der Waals surface area contributed by atoms with Crippen molar-refractivity contribution in [2.75, 3.05) is 6.54 Å². The van der Waals surface area contributed by atoms with Crippen LogP contribution in [-0.2, 0) is 0 Å². The van der Waals surface area contributed by atoms with Crippen LogP contribution in [0.4, 0.5) is 0 Å². The summed E-state index contributed by atoms with van der Waals surface area (Å²) in [7, 11) is 0. The quantitative estimate of drug-likeness (QED) is 0.655. The molecule has 0 unspecified atom stereocenters. The Bertz CT molecular complexity index is 252. The molecule has 2 N–H and O–H groups in total. The Labute approximate surface area is 71.4 Å². The standard InChI is InChI=1S/C9H12N2O/c12-7-3-4-9(11-6-7)8-2-1-5-10-8/h3-4,6,8,10,12H,1-2,5H2/t8-/m1/s1. The molecule has 2 heterocycles. The zero-order chi connectivity index (χ0) is 8.39. The predicted molar refractivity (Wildman–Crippen MR) is 45.9 cm³/mol. The van der Waals surface area contributed by atoms with Gasteiger partial charge in [-0.15, -0.1) is 0 Å². The number of nitrogens with zero attached hydrogens (tertiary/aromatic N) is 1. The number of nitrogens with one attached hydrogen (secondary N) is 1. The lowest BCUT2D eigenvalue weighted by molar-refractivity contribution is 0.471. The highest BCUT2D eigenvalue weighted by atomic mass is 16.3. The molecule has 3 heteroatoms. The zero-order valence-corrected chi connectivity index (χ0v) is 6.83. The Balaban J connectivity index is 2.17. The average Bonchev–Trinajstić information content (AvgIpc) is 2.58. The Morgan fingerprint density at radius 1 is 1.50 bits per heavy atom. The maximum atomic E-state index is 9.02. The van der Waals surface area contributed by atoms with E-state index in [0.29, 0.717) is 6.04 Å². The minimum absolute atomic E-state index is 0.233. The summed E-state index contributed by atoms with van der Waals surface area (Å²) in [6.07, 6.45) is 3.86. The number of hydrogen-bond donors (Lipinski definition) is 2. The fourth-order valence-corrected chi connectivity index (χ4v) is 1.54. The van der Waals surface area contributed by atoms with Crippen LogP contribution in [0.25, 0.3) is 0 Å². The topological polar surface area (TPSA) is 45.1 Å². The van der Waals surface area contributed by atoms with Gasteiger partial charge in [0.05, 0.1) is 11.9 Å². The van der Waals surface area contributed by atoms with Gasteiger partial charge in [0.2, 0.25) is 0 Å². The van der Waals surface area contributed by atoms with Gasteiger partial charge in [-0.3, -0.25) is 4.98 Å². The second-order valence-electron chi connectivity index (χ2n) is 3.09. The molecule has 1 saturated heterocycles. The van der Waals surface area contributed by atoms with Crippen molar-refractivity contribution in [3.05, 3.63) is 24.0 Å². The van der Waals surface area contributed by atoms with Crippen molar-refractivity contribution in [3.63, 3.8) is 0 Å². The Hall–Kier alpha value is -1.09. The van der Waals surface area contributed by atoms with Gasteiger partial charge in [-0.05, 0) is 31.5 Å². The molecule has 1 aromatic heterocycles. The van der Waals surface area contributed by atoms with Gasteiger partial charge in [-0.2, -0.15) is 0 Å². The normalized spacial score (nSPS) is 22.8. The molecule has 1 aromatic rings. The van der Waals surface area contributed by atoms with Gasteiger partial charge < -0.3 is 10.4 Å². The molecule has 3 nitrogen and oxygen atoms in total. The van der Waals surface area contributed by atoms with Crippen LogP contribution in [0.3, 0.4) is 0 Å². The highest BCUT2D eigenvalue weighted by Gasteiger charge is 2.16. The highest BCUT2D eigenvalue weighted by molar-refractivity contribution is 5.20. The molecule has 1 aliphatic rings. The van der Waals surface area contributed by atoms with Crippen LogP contribution in [-0.4, -0.2) is 16.6 Å². The van der Waals surface area contributed by atoms with Gasteiger partial charge >= 0.3 is 0 Å². The molecular formula is C9H12N2O. The Kier molecular flexibility index (Phi) is 1.96. The molecule has 2 rings (SSSR count). The molecule has 0 saturated carbocycles. The van der Waals surface area contributed by atoms with Gasteiger partial charge in [0.25, 0.3) is 0 Å². The SMILES string of the molecule is Oc1ccc([C@H]2CCCN2)nc1. The summed E-state index contributed by atoms with van der Waals surface area (Å²) in [5.74, 6) is 0.233. The summed E-state index contributed by atoms with van der Waals surface area (Å²) in [6, 6.07) is 3.95. The molecule has 0 bridgehead atoms. The second-order valence-corrected chi connectivity index (χ2v) is 3.09. The van der Waals surface area contributed by atoms with Crippen LogP contribution in [0.1, 0.15) is 24.6 Å². The minimum atomic E-state index is 0.233. The van der Waals surface area contributed by atoms with E-state index in [4.69, 9.17) is 5.11 Å². The first-order chi connectivity index (χ1) is 5.86. The summed E-state index contributed by atoms with van der Waals surface area (Å²) >= 11 is 0. The van der Waals surface area contributed by atoms with Crippen molar-refractivity contribution in [2.45, 2.75) is 18.9 Å². The van der Waals surface area contributed by atoms with Crippen molar-refractivity contribution in [1.82, 2.24) is 10.3 Å². The van der Waals surface area contributed by atoms with E-state index >= 15 is 0 Å². The number of pyridine rings is 1. The largest absolute Gasteiger partial charge is 0.506 e. The van der Waals surface area contributed by atoms with E-state index in [2.05, 4.69) is 10.3 Å². The minimum Gasteiger partial charge on any atom is -0.506 e. The molecule has 0 radical (unpaired) electrons. The molecule has 1 fully saturated rings. The van der Waals surface area contributed by atoms with Crippen LogP contribution >= 0.6 is 0 Å².